The second-order valence-corrected chi connectivity index (χ2v) is 6.87. The molecule has 0 saturated carbocycles. The second-order valence-electron chi connectivity index (χ2n) is 5.88. The van der Waals surface area contributed by atoms with Gasteiger partial charge in [0.1, 0.15) is 5.75 Å². The fraction of sp³-hybridized carbons (Fsp3) is 0.350. The van der Waals surface area contributed by atoms with Crippen molar-refractivity contribution in [2.75, 3.05) is 17.7 Å². The summed E-state index contributed by atoms with van der Waals surface area (Å²) in [5, 5.41) is 2.93. The topological polar surface area (TPSA) is 38.3 Å². The summed E-state index contributed by atoms with van der Waals surface area (Å²) < 4.78 is 5.40. The summed E-state index contributed by atoms with van der Waals surface area (Å²) in [5.41, 5.74) is 5.85. The molecule has 0 fully saturated rings. The number of benzene rings is 2. The Balaban J connectivity index is 1.99. The summed E-state index contributed by atoms with van der Waals surface area (Å²) in [4.78, 5) is 13.4. The number of carbonyl (C=O) groups excluding carboxylic acids is 1. The normalized spacial score (nSPS) is 10.5. The molecular weight excluding hydrogens is 318 g/mol. The molecule has 0 aromatic heterocycles. The Kier molecular flexibility index (Phi) is 6.32. The van der Waals surface area contributed by atoms with Crippen molar-refractivity contribution in [3.63, 3.8) is 0 Å². The second kappa shape index (κ2) is 8.25. The average molecular weight is 343 g/mol. The van der Waals surface area contributed by atoms with E-state index in [1.165, 1.54) is 27.1 Å². The number of carbonyl (C=O) groups is 1. The van der Waals surface area contributed by atoms with Gasteiger partial charge >= 0.3 is 0 Å². The molecule has 2 aromatic carbocycles. The van der Waals surface area contributed by atoms with Crippen LogP contribution in [0.25, 0.3) is 0 Å². The zero-order valence-electron chi connectivity index (χ0n) is 15.0. The Morgan fingerprint density at radius 1 is 1.04 bits per heavy atom. The van der Waals surface area contributed by atoms with Crippen LogP contribution in [0.2, 0.25) is 0 Å². The standard InChI is InChI=1S/C20H25NO2S/c1-6-23-18-9-7-17(8-10-18)21-19(22)12-24-20-15(4)13(2)11-14(3)16(20)5/h7-11H,6,12H2,1-5H3,(H,21,22). The molecule has 2 aromatic rings. The number of ether oxygens (including phenoxy) is 1. The summed E-state index contributed by atoms with van der Waals surface area (Å²) in [6.45, 7) is 11.1. The molecule has 24 heavy (non-hydrogen) atoms. The van der Waals surface area contributed by atoms with E-state index in [2.05, 4.69) is 39.1 Å². The maximum absolute atomic E-state index is 12.2. The lowest BCUT2D eigenvalue weighted by Crippen LogP contribution is -2.14. The average Bonchev–Trinajstić information content (AvgIpc) is 2.55. The smallest absolute Gasteiger partial charge is 0.234 e. The number of rotatable bonds is 6. The summed E-state index contributed by atoms with van der Waals surface area (Å²) in [6.07, 6.45) is 0. The van der Waals surface area contributed by atoms with Gasteiger partial charge < -0.3 is 10.1 Å². The van der Waals surface area contributed by atoms with Crippen molar-refractivity contribution >= 4 is 23.4 Å². The lowest BCUT2D eigenvalue weighted by molar-refractivity contribution is -0.113. The van der Waals surface area contributed by atoms with Crippen molar-refractivity contribution < 1.29 is 9.53 Å². The van der Waals surface area contributed by atoms with Gasteiger partial charge in [0.2, 0.25) is 5.91 Å². The maximum Gasteiger partial charge on any atom is 0.234 e. The molecule has 0 heterocycles. The van der Waals surface area contributed by atoms with Crippen LogP contribution in [0.1, 0.15) is 29.2 Å². The van der Waals surface area contributed by atoms with Crippen molar-refractivity contribution in [1.29, 1.82) is 0 Å². The molecule has 0 atom stereocenters. The minimum atomic E-state index is 0.00196. The molecule has 0 spiro atoms. The highest BCUT2D eigenvalue weighted by atomic mass is 32.2. The van der Waals surface area contributed by atoms with E-state index in [0.29, 0.717) is 12.4 Å². The van der Waals surface area contributed by atoms with Crippen molar-refractivity contribution in [2.45, 2.75) is 39.5 Å². The van der Waals surface area contributed by atoms with Crippen LogP contribution < -0.4 is 10.1 Å². The first kappa shape index (κ1) is 18.4. The van der Waals surface area contributed by atoms with E-state index < -0.39 is 0 Å². The highest BCUT2D eigenvalue weighted by Gasteiger charge is 2.11. The van der Waals surface area contributed by atoms with Crippen LogP contribution in [0.15, 0.2) is 35.2 Å². The monoisotopic (exact) mass is 343 g/mol. The number of nitrogens with one attached hydrogen (secondary N) is 1. The van der Waals surface area contributed by atoms with E-state index in [4.69, 9.17) is 4.74 Å². The van der Waals surface area contributed by atoms with Gasteiger partial charge in [-0.15, -0.1) is 11.8 Å². The number of hydrogen-bond donors (Lipinski definition) is 1. The van der Waals surface area contributed by atoms with Gasteiger partial charge in [-0.1, -0.05) is 6.07 Å². The molecular formula is C20H25NO2S. The minimum Gasteiger partial charge on any atom is -0.494 e. The van der Waals surface area contributed by atoms with E-state index in [9.17, 15) is 4.79 Å². The molecule has 1 N–H and O–H groups in total. The first-order valence-electron chi connectivity index (χ1n) is 8.15. The lowest BCUT2D eigenvalue weighted by Gasteiger charge is -2.14. The van der Waals surface area contributed by atoms with Crippen LogP contribution in [-0.4, -0.2) is 18.3 Å². The number of thioether (sulfide) groups is 1. The molecule has 1 amide bonds. The molecule has 0 saturated heterocycles. The van der Waals surface area contributed by atoms with Crippen molar-refractivity contribution in [3.05, 3.63) is 52.6 Å². The van der Waals surface area contributed by atoms with Gasteiger partial charge in [0.25, 0.3) is 0 Å². The quantitative estimate of drug-likeness (QED) is 0.746. The van der Waals surface area contributed by atoms with Gasteiger partial charge in [0.05, 0.1) is 12.4 Å². The Hall–Kier alpha value is -1.94. The van der Waals surface area contributed by atoms with Gasteiger partial charge in [-0.05, 0) is 81.1 Å². The van der Waals surface area contributed by atoms with Crippen LogP contribution in [0, 0.1) is 27.7 Å². The van der Waals surface area contributed by atoms with E-state index >= 15 is 0 Å². The minimum absolute atomic E-state index is 0.00196. The predicted molar refractivity (Wildman–Crippen MR) is 102 cm³/mol. The number of hydrogen-bond acceptors (Lipinski definition) is 3. The van der Waals surface area contributed by atoms with Gasteiger partial charge in [0, 0.05) is 10.6 Å². The Morgan fingerprint density at radius 2 is 1.62 bits per heavy atom. The van der Waals surface area contributed by atoms with E-state index in [1.807, 2.05) is 31.2 Å². The van der Waals surface area contributed by atoms with Crippen LogP contribution in [-0.2, 0) is 4.79 Å². The van der Waals surface area contributed by atoms with Crippen molar-refractivity contribution in [3.8, 4) is 5.75 Å². The molecule has 128 valence electrons. The first-order valence-corrected chi connectivity index (χ1v) is 9.13. The maximum atomic E-state index is 12.2. The van der Waals surface area contributed by atoms with Gasteiger partial charge in [-0.2, -0.15) is 0 Å². The highest BCUT2D eigenvalue weighted by Crippen LogP contribution is 2.31. The Labute approximate surface area is 148 Å². The Bertz CT molecular complexity index is 697. The number of amides is 1. The molecule has 0 bridgehead atoms. The third-order valence-electron chi connectivity index (χ3n) is 4.09. The largest absolute Gasteiger partial charge is 0.494 e. The fourth-order valence-corrected chi connectivity index (χ4v) is 3.64. The molecule has 0 aliphatic heterocycles. The first-order chi connectivity index (χ1) is 11.4. The van der Waals surface area contributed by atoms with Crippen LogP contribution in [0.4, 0.5) is 5.69 Å². The predicted octanol–water partition coefficient (Wildman–Crippen LogP) is 5.05. The zero-order valence-corrected chi connectivity index (χ0v) is 15.8. The Morgan fingerprint density at radius 3 is 2.17 bits per heavy atom. The molecule has 0 unspecified atom stereocenters. The van der Waals surface area contributed by atoms with Crippen LogP contribution in [0.5, 0.6) is 5.75 Å². The van der Waals surface area contributed by atoms with Crippen LogP contribution in [0.3, 0.4) is 0 Å². The highest BCUT2D eigenvalue weighted by molar-refractivity contribution is 8.00. The summed E-state index contributed by atoms with van der Waals surface area (Å²) in [5.74, 6) is 1.21. The summed E-state index contributed by atoms with van der Waals surface area (Å²) in [6, 6.07) is 9.66. The van der Waals surface area contributed by atoms with Crippen LogP contribution >= 0.6 is 11.8 Å². The zero-order chi connectivity index (χ0) is 17.7. The molecule has 2 rings (SSSR count). The fourth-order valence-electron chi connectivity index (χ4n) is 2.53. The lowest BCUT2D eigenvalue weighted by atomic mass is 10.0. The summed E-state index contributed by atoms with van der Waals surface area (Å²) in [7, 11) is 0. The van der Waals surface area contributed by atoms with E-state index in [0.717, 1.165) is 11.4 Å². The molecule has 0 aliphatic rings. The van der Waals surface area contributed by atoms with Crippen molar-refractivity contribution in [2.24, 2.45) is 0 Å². The third kappa shape index (κ3) is 4.54. The number of anilines is 1. The van der Waals surface area contributed by atoms with Crippen molar-refractivity contribution in [1.82, 2.24) is 0 Å². The van der Waals surface area contributed by atoms with Gasteiger partial charge in [0.15, 0.2) is 0 Å². The van der Waals surface area contributed by atoms with E-state index in [-0.39, 0.29) is 5.91 Å². The molecule has 4 heteroatoms. The number of aryl methyl sites for hydroxylation is 2. The molecule has 3 nitrogen and oxygen atoms in total. The van der Waals surface area contributed by atoms with Gasteiger partial charge in [-0.25, -0.2) is 0 Å². The summed E-state index contributed by atoms with van der Waals surface area (Å²) >= 11 is 1.60. The van der Waals surface area contributed by atoms with Gasteiger partial charge in [-0.3, -0.25) is 4.79 Å². The molecule has 0 aliphatic carbocycles. The third-order valence-corrected chi connectivity index (χ3v) is 5.40. The van der Waals surface area contributed by atoms with E-state index in [1.54, 1.807) is 11.8 Å². The molecule has 0 radical (unpaired) electrons. The SMILES string of the molecule is CCOc1ccc(NC(=O)CSc2c(C)c(C)cc(C)c2C)cc1.